The van der Waals surface area contributed by atoms with E-state index in [1.165, 1.54) is 0 Å². The molecule has 0 radical (unpaired) electrons. The number of rotatable bonds is 0. The third-order valence-electron chi connectivity index (χ3n) is 0.176. The summed E-state index contributed by atoms with van der Waals surface area (Å²) in [7, 11) is 0. The van der Waals surface area contributed by atoms with E-state index < -0.39 is 5.56 Å². The average Bonchev–Trinajstić information content (AvgIpc) is 1.65. The largest absolute Gasteiger partial charge is 0.191 e. The minimum absolute atomic E-state index is 0.995. The fourth-order valence-corrected chi connectivity index (χ4v) is 0.0671. The van der Waals surface area contributed by atoms with Crippen LogP contribution in [0.5, 0.6) is 0 Å². The second kappa shape index (κ2) is 3.33. The lowest BCUT2D eigenvalue weighted by atomic mass is 11.8. The molecule has 0 unspecified atom stereocenters. The number of hydrogen-bond acceptors (Lipinski definition) is 2. The lowest BCUT2D eigenvalue weighted by Gasteiger charge is -1.69. The van der Waals surface area contributed by atoms with E-state index in [2.05, 4.69) is 0 Å². The molecular weight excluding hydrogens is 210 g/mol. The molecule has 0 rings (SSSR count). The maximum absolute atomic E-state index is 7.88. The summed E-state index contributed by atoms with van der Waals surface area (Å²) in [5.41, 5.74) is -0.995. The van der Waals surface area contributed by atoms with Crippen LogP contribution in [0, 0.1) is 22.1 Å². The zero-order chi connectivity index (χ0) is 4.99. The van der Waals surface area contributed by atoms with Crippen LogP contribution in [-0.4, -0.2) is 0 Å². The topological polar surface area (TPSA) is 47.6 Å². The molecule has 0 aliphatic rings. The minimum atomic E-state index is -0.995. The maximum Gasteiger partial charge on any atom is 0.174 e. The molecule has 0 heterocycles. The molecule has 30 valence electrons. The van der Waals surface area contributed by atoms with Crippen LogP contribution in [0.2, 0.25) is 0 Å². The number of nitrogens with zero attached hydrogens (tertiary/aromatic N) is 2. The van der Waals surface area contributed by atoms with E-state index in [1.54, 1.807) is 11.6 Å². The van der Waals surface area contributed by atoms with Crippen LogP contribution < -0.4 is 0 Å². The normalized spacial score (nSPS) is 6.67. The summed E-state index contributed by atoms with van der Waals surface area (Å²) >= 11 is 1.81. The Morgan fingerprint density at radius 2 is 1.67 bits per heavy atom. The van der Waals surface area contributed by atoms with Crippen LogP contribution in [0.4, 0.5) is 0 Å². The second-order valence-electron chi connectivity index (χ2n) is 0.481. The molecule has 0 aliphatic carbocycles. The van der Waals surface area contributed by atoms with Gasteiger partial charge in [0.25, 0.3) is 0 Å². The maximum atomic E-state index is 7.88. The van der Waals surface area contributed by atoms with Gasteiger partial charge in [-0.3, -0.25) is 0 Å². The lowest BCUT2D eigenvalue weighted by Crippen LogP contribution is -1.36. The Kier molecular flexibility index (Phi) is 3.41. The SMILES string of the molecule is N#CP(I)C#N. The van der Waals surface area contributed by atoms with E-state index >= 15 is 0 Å². The summed E-state index contributed by atoms with van der Waals surface area (Å²) in [4.78, 5) is 0. The van der Waals surface area contributed by atoms with Gasteiger partial charge >= 0.3 is 0 Å². The van der Waals surface area contributed by atoms with Gasteiger partial charge in [0.15, 0.2) is 5.56 Å². The molecule has 0 N–H and O–H groups in total. The van der Waals surface area contributed by atoms with Crippen LogP contribution in [0.1, 0.15) is 0 Å². The Balaban J connectivity index is 3.40. The summed E-state index contributed by atoms with van der Waals surface area (Å²) in [6, 6.07) is 0. The molecule has 0 aromatic rings. The molecule has 0 saturated heterocycles. The summed E-state index contributed by atoms with van der Waals surface area (Å²) in [6.07, 6.45) is 0. The minimum Gasteiger partial charge on any atom is -0.191 e. The van der Waals surface area contributed by atoms with Crippen LogP contribution in [0.3, 0.4) is 0 Å². The summed E-state index contributed by atoms with van der Waals surface area (Å²) in [5.74, 6) is 3.61. The van der Waals surface area contributed by atoms with Crippen molar-refractivity contribution in [3.05, 3.63) is 0 Å². The number of hydrogen-bond donors (Lipinski definition) is 0. The molecule has 6 heavy (non-hydrogen) atoms. The van der Waals surface area contributed by atoms with Gasteiger partial charge in [-0.05, 0) is 22.0 Å². The first kappa shape index (κ1) is 6.14. The van der Waals surface area contributed by atoms with Crippen molar-refractivity contribution in [3.63, 3.8) is 0 Å². The van der Waals surface area contributed by atoms with Gasteiger partial charge in [0.2, 0.25) is 0 Å². The average molecular weight is 210 g/mol. The fourth-order valence-electron chi connectivity index (χ4n) is 0.0224. The zero-order valence-corrected chi connectivity index (χ0v) is 5.77. The highest BCUT2D eigenvalue weighted by Gasteiger charge is 1.91. The Hall–Kier alpha value is 0.140. The van der Waals surface area contributed by atoms with Crippen molar-refractivity contribution in [2.75, 3.05) is 0 Å². The monoisotopic (exact) mass is 210 g/mol. The van der Waals surface area contributed by atoms with Gasteiger partial charge in [-0.15, -0.1) is 0 Å². The molecular formula is C2IN2P. The van der Waals surface area contributed by atoms with Crippen molar-refractivity contribution in [3.8, 4) is 11.6 Å². The molecule has 0 aromatic carbocycles. The zero-order valence-electron chi connectivity index (χ0n) is 2.72. The molecule has 0 atom stereocenters. The Morgan fingerprint density at radius 3 is 1.67 bits per heavy atom. The summed E-state index contributed by atoms with van der Waals surface area (Å²) in [5, 5.41) is 15.8. The molecule has 0 saturated carbocycles. The highest BCUT2D eigenvalue weighted by atomic mass is 127. The van der Waals surface area contributed by atoms with Gasteiger partial charge in [0.1, 0.15) is 11.6 Å². The Morgan fingerprint density at radius 1 is 1.33 bits per heavy atom. The summed E-state index contributed by atoms with van der Waals surface area (Å²) < 4.78 is 0. The third-order valence-corrected chi connectivity index (χ3v) is 1.82. The van der Waals surface area contributed by atoms with Gasteiger partial charge in [-0.2, -0.15) is 10.5 Å². The molecule has 0 amide bonds. The van der Waals surface area contributed by atoms with Crippen molar-refractivity contribution < 1.29 is 0 Å². The molecule has 0 fully saturated rings. The van der Waals surface area contributed by atoms with Crippen molar-refractivity contribution in [1.82, 2.24) is 0 Å². The highest BCUT2D eigenvalue weighted by molar-refractivity contribution is 14.2. The van der Waals surface area contributed by atoms with Gasteiger partial charge in [0, 0.05) is 0 Å². The van der Waals surface area contributed by atoms with E-state index in [0.717, 1.165) is 0 Å². The van der Waals surface area contributed by atoms with E-state index in [4.69, 9.17) is 10.5 Å². The van der Waals surface area contributed by atoms with Gasteiger partial charge < -0.3 is 0 Å². The van der Waals surface area contributed by atoms with E-state index in [-0.39, 0.29) is 0 Å². The Bertz CT molecular complexity index is 95.7. The van der Waals surface area contributed by atoms with Crippen LogP contribution in [-0.2, 0) is 0 Å². The smallest absolute Gasteiger partial charge is 0.174 e. The highest BCUT2D eigenvalue weighted by Crippen LogP contribution is 2.41. The van der Waals surface area contributed by atoms with E-state index in [9.17, 15) is 0 Å². The van der Waals surface area contributed by atoms with Crippen molar-refractivity contribution in [2.24, 2.45) is 0 Å². The predicted molar refractivity (Wildman–Crippen MR) is 32.2 cm³/mol. The first-order valence-electron chi connectivity index (χ1n) is 1.06. The van der Waals surface area contributed by atoms with Crippen molar-refractivity contribution in [2.45, 2.75) is 0 Å². The lowest BCUT2D eigenvalue weighted by molar-refractivity contribution is 1.56. The summed E-state index contributed by atoms with van der Waals surface area (Å²) in [6.45, 7) is 0. The van der Waals surface area contributed by atoms with E-state index in [1.807, 2.05) is 22.0 Å². The van der Waals surface area contributed by atoms with Crippen molar-refractivity contribution >= 4 is 27.6 Å². The predicted octanol–water partition coefficient (Wildman–Crippen LogP) is 1.78. The fraction of sp³-hybridized carbons (Fsp3) is 0. The van der Waals surface area contributed by atoms with Gasteiger partial charge in [0.05, 0.1) is 0 Å². The van der Waals surface area contributed by atoms with E-state index in [0.29, 0.717) is 0 Å². The first-order valence-corrected chi connectivity index (χ1v) is 5.19. The van der Waals surface area contributed by atoms with Gasteiger partial charge in [-0.1, -0.05) is 0 Å². The molecule has 4 heteroatoms. The number of nitriles is 2. The number of halogens is 1. The van der Waals surface area contributed by atoms with Crippen molar-refractivity contribution in [1.29, 1.82) is 10.5 Å². The second-order valence-corrected chi connectivity index (χ2v) is 4.34. The van der Waals surface area contributed by atoms with Gasteiger partial charge in [-0.25, -0.2) is 0 Å². The molecule has 0 spiro atoms. The van der Waals surface area contributed by atoms with Crippen LogP contribution >= 0.6 is 27.6 Å². The molecule has 0 aromatic heterocycles. The first-order chi connectivity index (χ1) is 2.81. The molecule has 2 nitrogen and oxygen atoms in total. The van der Waals surface area contributed by atoms with Crippen LogP contribution in [0.25, 0.3) is 0 Å². The van der Waals surface area contributed by atoms with Crippen LogP contribution in [0.15, 0.2) is 0 Å². The molecule has 0 aliphatic heterocycles. The standard InChI is InChI=1S/C2IN2P/c3-6(1-4)2-5. The Labute approximate surface area is 50.0 Å². The molecule has 0 bridgehead atoms. The quantitative estimate of drug-likeness (QED) is 0.451. The third kappa shape index (κ3) is 2.38.